The second-order valence-electron chi connectivity index (χ2n) is 7.07. The largest absolute Gasteiger partial charge is 0.341 e. The number of carbonyl (C=O) groups is 2. The molecule has 1 saturated heterocycles. The first-order valence-corrected chi connectivity index (χ1v) is 10.2. The van der Waals surface area contributed by atoms with Gasteiger partial charge in [-0.05, 0) is 36.4 Å². The maximum Gasteiger partial charge on any atom is 0.326 e. The Morgan fingerprint density at radius 1 is 1.18 bits per heavy atom. The van der Waals surface area contributed by atoms with Crippen molar-refractivity contribution in [1.29, 1.82) is 0 Å². The number of likely N-dealkylation sites (tertiary alicyclic amines) is 1. The first-order valence-electron chi connectivity index (χ1n) is 9.30. The van der Waals surface area contributed by atoms with Crippen molar-refractivity contribution in [2.45, 2.75) is 18.9 Å². The Morgan fingerprint density at radius 3 is 2.64 bits per heavy atom. The summed E-state index contributed by atoms with van der Waals surface area (Å²) in [5.41, 5.74) is 1.63. The zero-order valence-electron chi connectivity index (χ0n) is 15.6. The summed E-state index contributed by atoms with van der Waals surface area (Å²) in [6.45, 7) is 1.22. The van der Waals surface area contributed by atoms with Gasteiger partial charge in [-0.15, -0.1) is 11.3 Å². The molecule has 7 nitrogen and oxygen atoms in total. The molecule has 28 heavy (non-hydrogen) atoms. The molecule has 0 radical (unpaired) electrons. The highest BCUT2D eigenvalue weighted by molar-refractivity contribution is 7.12. The highest BCUT2D eigenvalue weighted by Crippen LogP contribution is 2.25. The minimum absolute atomic E-state index is 0.0582. The fourth-order valence-electron chi connectivity index (χ4n) is 3.77. The molecule has 2 aromatic heterocycles. The van der Waals surface area contributed by atoms with Crippen molar-refractivity contribution in [2.24, 2.45) is 0 Å². The van der Waals surface area contributed by atoms with Crippen LogP contribution >= 0.6 is 11.3 Å². The first-order chi connectivity index (χ1) is 13.5. The van der Waals surface area contributed by atoms with E-state index in [1.54, 1.807) is 18.0 Å². The van der Waals surface area contributed by atoms with Crippen LogP contribution < -0.4 is 5.69 Å². The van der Waals surface area contributed by atoms with E-state index in [4.69, 9.17) is 0 Å². The average Bonchev–Trinajstić information content (AvgIpc) is 3.34. The second-order valence-corrected chi connectivity index (χ2v) is 8.02. The van der Waals surface area contributed by atoms with Crippen LogP contribution in [0.5, 0.6) is 0 Å². The van der Waals surface area contributed by atoms with Crippen molar-refractivity contribution in [1.82, 2.24) is 19.4 Å². The number of nitrogens with one attached hydrogen (secondary N) is 1. The van der Waals surface area contributed by atoms with Crippen LogP contribution in [-0.2, 0) is 4.79 Å². The summed E-state index contributed by atoms with van der Waals surface area (Å²) in [6.07, 6.45) is 1.44. The first kappa shape index (κ1) is 18.5. The molecule has 1 N–H and O–H groups in total. The number of nitrogens with zero attached hydrogens (tertiary/aromatic N) is 3. The Bertz CT molecular complexity index is 1050. The number of fused-ring (bicyclic) bond motifs is 1. The van der Waals surface area contributed by atoms with E-state index in [1.807, 2.05) is 40.3 Å². The summed E-state index contributed by atoms with van der Waals surface area (Å²) in [4.78, 5) is 44.1. The van der Waals surface area contributed by atoms with E-state index in [9.17, 15) is 14.4 Å². The van der Waals surface area contributed by atoms with Crippen molar-refractivity contribution < 1.29 is 9.59 Å². The van der Waals surface area contributed by atoms with Gasteiger partial charge in [-0.2, -0.15) is 0 Å². The van der Waals surface area contributed by atoms with Gasteiger partial charge in [0, 0.05) is 26.2 Å². The smallest absolute Gasteiger partial charge is 0.326 e. The summed E-state index contributed by atoms with van der Waals surface area (Å²) in [6, 6.07) is 11.3. The van der Waals surface area contributed by atoms with Gasteiger partial charge in [-0.25, -0.2) is 4.79 Å². The number of carbonyl (C=O) groups excluding carboxylic acids is 2. The third-order valence-corrected chi connectivity index (χ3v) is 6.12. The van der Waals surface area contributed by atoms with Gasteiger partial charge < -0.3 is 14.8 Å². The van der Waals surface area contributed by atoms with E-state index in [1.165, 1.54) is 16.2 Å². The molecule has 3 aromatic rings. The molecule has 146 valence electrons. The van der Waals surface area contributed by atoms with Crippen molar-refractivity contribution in [2.75, 3.05) is 26.7 Å². The van der Waals surface area contributed by atoms with E-state index >= 15 is 0 Å². The Labute approximate surface area is 166 Å². The number of piperidine rings is 1. The lowest BCUT2D eigenvalue weighted by Crippen LogP contribution is -2.45. The monoisotopic (exact) mass is 398 g/mol. The molecule has 2 amide bonds. The van der Waals surface area contributed by atoms with E-state index in [-0.39, 0.29) is 30.1 Å². The molecule has 1 aliphatic rings. The van der Waals surface area contributed by atoms with Gasteiger partial charge in [-0.3, -0.25) is 14.2 Å². The van der Waals surface area contributed by atoms with Crippen LogP contribution in [0.4, 0.5) is 0 Å². The van der Waals surface area contributed by atoms with Gasteiger partial charge in [-0.1, -0.05) is 18.2 Å². The van der Waals surface area contributed by atoms with Gasteiger partial charge >= 0.3 is 5.69 Å². The summed E-state index contributed by atoms with van der Waals surface area (Å²) < 4.78 is 1.81. The van der Waals surface area contributed by atoms with Crippen LogP contribution in [0, 0.1) is 0 Å². The molecule has 4 rings (SSSR count). The highest BCUT2D eigenvalue weighted by Gasteiger charge is 2.27. The lowest BCUT2D eigenvalue weighted by molar-refractivity contribution is -0.132. The molecule has 0 aliphatic carbocycles. The predicted molar refractivity (Wildman–Crippen MR) is 109 cm³/mol. The SMILES string of the molecule is CN(CC(=O)N1CCC(n2c(=O)[nH]c3ccccc32)CC1)C(=O)c1cccs1. The summed E-state index contributed by atoms with van der Waals surface area (Å²) in [7, 11) is 1.65. The van der Waals surface area contributed by atoms with E-state index in [0.29, 0.717) is 18.0 Å². The number of benzene rings is 1. The quantitative estimate of drug-likeness (QED) is 0.733. The number of hydrogen-bond donors (Lipinski definition) is 1. The molecule has 0 saturated carbocycles. The maximum absolute atomic E-state index is 12.6. The summed E-state index contributed by atoms with van der Waals surface area (Å²) >= 11 is 1.37. The standard InChI is InChI=1S/C20H22N4O3S/c1-22(19(26)17-7-4-12-28-17)13-18(25)23-10-8-14(9-11-23)24-16-6-3-2-5-15(16)21-20(24)27/h2-7,12,14H,8-11,13H2,1H3,(H,21,27). The molecule has 8 heteroatoms. The molecular weight excluding hydrogens is 376 g/mol. The number of rotatable bonds is 4. The maximum atomic E-state index is 12.6. The van der Waals surface area contributed by atoms with E-state index < -0.39 is 0 Å². The van der Waals surface area contributed by atoms with E-state index in [2.05, 4.69) is 4.98 Å². The number of aromatic amines is 1. The number of para-hydroxylation sites is 2. The number of H-pyrrole nitrogens is 1. The fraction of sp³-hybridized carbons (Fsp3) is 0.350. The molecule has 0 atom stereocenters. The fourth-order valence-corrected chi connectivity index (χ4v) is 4.49. The third kappa shape index (κ3) is 3.47. The average molecular weight is 398 g/mol. The molecule has 1 aliphatic heterocycles. The van der Waals surface area contributed by atoms with Crippen LogP contribution in [-0.4, -0.2) is 57.8 Å². The predicted octanol–water partition coefficient (Wildman–Crippen LogP) is 2.33. The zero-order chi connectivity index (χ0) is 19.7. The molecule has 0 unspecified atom stereocenters. The lowest BCUT2D eigenvalue weighted by Gasteiger charge is -2.33. The number of hydrogen-bond acceptors (Lipinski definition) is 4. The van der Waals surface area contributed by atoms with Crippen molar-refractivity contribution in [3.05, 3.63) is 57.1 Å². The van der Waals surface area contributed by atoms with Crippen LogP contribution in [0.3, 0.4) is 0 Å². The van der Waals surface area contributed by atoms with Gasteiger partial charge in [0.05, 0.1) is 22.5 Å². The molecule has 0 bridgehead atoms. The van der Waals surface area contributed by atoms with Crippen molar-refractivity contribution in [3.63, 3.8) is 0 Å². The van der Waals surface area contributed by atoms with Gasteiger partial charge in [0.15, 0.2) is 0 Å². The Morgan fingerprint density at radius 2 is 1.93 bits per heavy atom. The van der Waals surface area contributed by atoms with Crippen LogP contribution in [0.2, 0.25) is 0 Å². The number of amides is 2. The molecular formula is C20H22N4O3S. The third-order valence-electron chi connectivity index (χ3n) is 5.26. The highest BCUT2D eigenvalue weighted by atomic mass is 32.1. The second kappa shape index (κ2) is 7.63. The van der Waals surface area contributed by atoms with Gasteiger partial charge in [0.25, 0.3) is 5.91 Å². The summed E-state index contributed by atoms with van der Waals surface area (Å²) in [5, 5.41) is 1.85. The van der Waals surface area contributed by atoms with Crippen LogP contribution in [0.15, 0.2) is 46.6 Å². The van der Waals surface area contributed by atoms with Crippen molar-refractivity contribution >= 4 is 34.2 Å². The minimum Gasteiger partial charge on any atom is -0.341 e. The number of thiophene rings is 1. The Kier molecular flexibility index (Phi) is 5.04. The summed E-state index contributed by atoms with van der Waals surface area (Å²) in [5.74, 6) is -0.194. The lowest BCUT2D eigenvalue weighted by atomic mass is 10.0. The molecule has 0 spiro atoms. The van der Waals surface area contributed by atoms with Crippen LogP contribution in [0.1, 0.15) is 28.6 Å². The number of imidazole rings is 1. The number of likely N-dealkylation sites (N-methyl/N-ethyl adjacent to an activating group) is 1. The van der Waals surface area contributed by atoms with Gasteiger partial charge in [0.2, 0.25) is 5.91 Å². The number of aromatic nitrogens is 2. The Balaban J connectivity index is 1.38. The zero-order valence-corrected chi connectivity index (χ0v) is 16.4. The molecule has 1 fully saturated rings. The van der Waals surface area contributed by atoms with E-state index in [0.717, 1.165) is 23.9 Å². The molecule has 1 aromatic carbocycles. The van der Waals surface area contributed by atoms with Gasteiger partial charge in [0.1, 0.15) is 0 Å². The topological polar surface area (TPSA) is 78.4 Å². The minimum atomic E-state index is -0.136. The normalized spacial score (nSPS) is 15.1. The van der Waals surface area contributed by atoms with Crippen LogP contribution in [0.25, 0.3) is 11.0 Å². The van der Waals surface area contributed by atoms with Crippen molar-refractivity contribution in [3.8, 4) is 0 Å². The molecule has 3 heterocycles. The Hall–Kier alpha value is -2.87.